The van der Waals surface area contributed by atoms with E-state index in [-0.39, 0.29) is 23.9 Å². The lowest BCUT2D eigenvalue weighted by molar-refractivity contribution is -0.119. The van der Waals surface area contributed by atoms with Crippen molar-refractivity contribution in [3.05, 3.63) is 29.8 Å². The molecule has 4 N–H and O–H groups in total. The number of carbonyl (C=O) groups excluding carboxylic acids is 2. The van der Waals surface area contributed by atoms with Crippen molar-refractivity contribution in [1.82, 2.24) is 10.6 Å². The number of carbonyl (C=O) groups is 2. The number of nitrogens with one attached hydrogen (secondary N) is 2. The minimum absolute atomic E-state index is 0.0350. The number of benzene rings is 1. The Bertz CT molecular complexity index is 504. The molecule has 0 heterocycles. The van der Waals surface area contributed by atoms with E-state index in [1.165, 1.54) is 11.8 Å². The lowest BCUT2D eigenvalue weighted by atomic mass is 10.2. The van der Waals surface area contributed by atoms with Gasteiger partial charge in [-0.15, -0.1) is 11.8 Å². The SMILES string of the molecule is CC(N)CCNC(=O)c1ccccc1SCC(=O)NC(C)C. The summed E-state index contributed by atoms with van der Waals surface area (Å²) in [5.74, 6) is 0.127. The number of rotatable bonds is 8. The van der Waals surface area contributed by atoms with E-state index in [2.05, 4.69) is 10.6 Å². The molecule has 0 saturated heterocycles. The summed E-state index contributed by atoms with van der Waals surface area (Å²) in [4.78, 5) is 24.7. The Hall–Kier alpha value is -1.53. The van der Waals surface area contributed by atoms with E-state index in [9.17, 15) is 9.59 Å². The molecule has 122 valence electrons. The molecule has 0 aliphatic rings. The first-order chi connectivity index (χ1) is 10.4. The van der Waals surface area contributed by atoms with E-state index < -0.39 is 0 Å². The van der Waals surface area contributed by atoms with Gasteiger partial charge in [-0.25, -0.2) is 0 Å². The van der Waals surface area contributed by atoms with Crippen LogP contribution in [-0.2, 0) is 4.79 Å². The molecule has 1 unspecified atom stereocenters. The van der Waals surface area contributed by atoms with E-state index in [1.807, 2.05) is 39.0 Å². The largest absolute Gasteiger partial charge is 0.353 e. The monoisotopic (exact) mass is 323 g/mol. The molecular formula is C16H25N3O2S. The summed E-state index contributed by atoms with van der Waals surface area (Å²) in [7, 11) is 0. The molecule has 5 nitrogen and oxygen atoms in total. The van der Waals surface area contributed by atoms with Crippen LogP contribution in [0.5, 0.6) is 0 Å². The number of nitrogens with two attached hydrogens (primary N) is 1. The van der Waals surface area contributed by atoms with Crippen molar-refractivity contribution in [2.24, 2.45) is 5.73 Å². The fourth-order valence-corrected chi connectivity index (χ4v) is 2.66. The zero-order valence-corrected chi connectivity index (χ0v) is 14.2. The van der Waals surface area contributed by atoms with Gasteiger partial charge in [-0.3, -0.25) is 9.59 Å². The highest BCUT2D eigenvalue weighted by Crippen LogP contribution is 2.22. The van der Waals surface area contributed by atoms with Crippen molar-refractivity contribution in [1.29, 1.82) is 0 Å². The second-order valence-corrected chi connectivity index (χ2v) is 6.55. The average molecular weight is 323 g/mol. The maximum atomic E-state index is 12.2. The molecule has 2 amide bonds. The molecule has 0 aromatic heterocycles. The third-order valence-corrected chi connectivity index (χ3v) is 3.90. The zero-order chi connectivity index (χ0) is 16.5. The van der Waals surface area contributed by atoms with Crippen molar-refractivity contribution >= 4 is 23.6 Å². The normalized spacial score (nSPS) is 12.0. The summed E-state index contributed by atoms with van der Waals surface area (Å²) in [6.45, 7) is 6.29. The van der Waals surface area contributed by atoms with Gasteiger partial charge in [-0.05, 0) is 39.3 Å². The molecule has 1 aromatic rings. The molecule has 1 rings (SSSR count). The fraction of sp³-hybridized carbons (Fsp3) is 0.500. The Kier molecular flexibility index (Phi) is 7.98. The van der Waals surface area contributed by atoms with Crippen LogP contribution in [-0.4, -0.2) is 36.2 Å². The van der Waals surface area contributed by atoms with Crippen molar-refractivity contribution in [2.75, 3.05) is 12.3 Å². The molecule has 6 heteroatoms. The minimum Gasteiger partial charge on any atom is -0.353 e. The van der Waals surface area contributed by atoms with Crippen LogP contribution in [0.3, 0.4) is 0 Å². The van der Waals surface area contributed by atoms with Gasteiger partial charge in [-0.1, -0.05) is 12.1 Å². The molecule has 1 aromatic carbocycles. The Morgan fingerprint density at radius 3 is 2.55 bits per heavy atom. The molecule has 0 spiro atoms. The Balaban J connectivity index is 2.61. The van der Waals surface area contributed by atoms with Gasteiger partial charge in [-0.2, -0.15) is 0 Å². The Labute approximate surface area is 136 Å². The topological polar surface area (TPSA) is 84.2 Å². The third-order valence-electron chi connectivity index (χ3n) is 2.83. The van der Waals surface area contributed by atoms with Crippen LogP contribution in [0.1, 0.15) is 37.6 Å². The van der Waals surface area contributed by atoms with Crippen LogP contribution in [0.15, 0.2) is 29.2 Å². The number of hydrogen-bond donors (Lipinski definition) is 3. The van der Waals surface area contributed by atoms with Gasteiger partial charge in [0.1, 0.15) is 0 Å². The maximum Gasteiger partial charge on any atom is 0.252 e. The molecule has 0 aliphatic carbocycles. The first-order valence-corrected chi connectivity index (χ1v) is 8.43. The van der Waals surface area contributed by atoms with Crippen LogP contribution in [0, 0.1) is 0 Å². The third kappa shape index (κ3) is 6.95. The van der Waals surface area contributed by atoms with Crippen molar-refractivity contribution in [3.8, 4) is 0 Å². The smallest absolute Gasteiger partial charge is 0.252 e. The van der Waals surface area contributed by atoms with Gasteiger partial charge in [0.05, 0.1) is 11.3 Å². The quantitative estimate of drug-likeness (QED) is 0.637. The second kappa shape index (κ2) is 9.48. The number of hydrogen-bond acceptors (Lipinski definition) is 4. The predicted molar refractivity (Wildman–Crippen MR) is 91.0 cm³/mol. The standard InChI is InChI=1S/C16H25N3O2S/c1-11(2)19-15(20)10-22-14-7-5-4-6-13(14)16(21)18-9-8-12(3)17/h4-7,11-12H,8-10,17H2,1-3H3,(H,18,21)(H,19,20). The predicted octanol–water partition coefficient (Wildman–Crippen LogP) is 1.77. The number of amides is 2. The summed E-state index contributed by atoms with van der Waals surface area (Å²) >= 11 is 1.37. The second-order valence-electron chi connectivity index (χ2n) is 5.53. The molecule has 22 heavy (non-hydrogen) atoms. The minimum atomic E-state index is -0.131. The van der Waals surface area contributed by atoms with Crippen molar-refractivity contribution in [2.45, 2.75) is 44.2 Å². The summed E-state index contributed by atoms with van der Waals surface area (Å²) in [6, 6.07) is 7.48. The molecule has 1 atom stereocenters. The highest BCUT2D eigenvalue weighted by atomic mass is 32.2. The molecule has 0 aliphatic heterocycles. The highest BCUT2D eigenvalue weighted by Gasteiger charge is 2.12. The summed E-state index contributed by atoms with van der Waals surface area (Å²) < 4.78 is 0. The average Bonchev–Trinajstić information content (AvgIpc) is 2.44. The van der Waals surface area contributed by atoms with Crippen LogP contribution in [0.2, 0.25) is 0 Å². The van der Waals surface area contributed by atoms with Crippen LogP contribution in [0.4, 0.5) is 0 Å². The van der Waals surface area contributed by atoms with Gasteiger partial charge in [0.25, 0.3) is 5.91 Å². The van der Waals surface area contributed by atoms with Crippen LogP contribution in [0.25, 0.3) is 0 Å². The van der Waals surface area contributed by atoms with E-state index >= 15 is 0 Å². The van der Waals surface area contributed by atoms with Crippen molar-refractivity contribution in [3.63, 3.8) is 0 Å². The van der Waals surface area contributed by atoms with E-state index in [4.69, 9.17) is 5.73 Å². The summed E-state index contributed by atoms with van der Waals surface area (Å²) in [5.41, 5.74) is 6.26. The zero-order valence-electron chi connectivity index (χ0n) is 13.4. The number of thioether (sulfide) groups is 1. The Morgan fingerprint density at radius 1 is 1.23 bits per heavy atom. The van der Waals surface area contributed by atoms with Crippen LogP contribution >= 0.6 is 11.8 Å². The first-order valence-electron chi connectivity index (χ1n) is 7.45. The van der Waals surface area contributed by atoms with E-state index in [0.717, 1.165) is 11.3 Å². The lowest BCUT2D eigenvalue weighted by Gasteiger charge is -2.11. The highest BCUT2D eigenvalue weighted by molar-refractivity contribution is 8.00. The molecular weight excluding hydrogens is 298 g/mol. The van der Waals surface area contributed by atoms with Gasteiger partial charge in [0, 0.05) is 23.5 Å². The first kappa shape index (κ1) is 18.5. The fourth-order valence-electron chi connectivity index (χ4n) is 1.80. The van der Waals surface area contributed by atoms with E-state index in [1.54, 1.807) is 6.07 Å². The Morgan fingerprint density at radius 2 is 1.91 bits per heavy atom. The molecule has 0 bridgehead atoms. The summed E-state index contributed by atoms with van der Waals surface area (Å²) in [6.07, 6.45) is 0.734. The van der Waals surface area contributed by atoms with Gasteiger partial charge < -0.3 is 16.4 Å². The van der Waals surface area contributed by atoms with Gasteiger partial charge in [0.2, 0.25) is 5.91 Å². The van der Waals surface area contributed by atoms with Gasteiger partial charge in [0.15, 0.2) is 0 Å². The molecule has 0 radical (unpaired) electrons. The van der Waals surface area contributed by atoms with E-state index in [0.29, 0.717) is 17.9 Å². The summed E-state index contributed by atoms with van der Waals surface area (Å²) in [5, 5.41) is 5.69. The molecule has 0 saturated carbocycles. The lowest BCUT2D eigenvalue weighted by Crippen LogP contribution is -2.31. The van der Waals surface area contributed by atoms with Crippen LogP contribution < -0.4 is 16.4 Å². The van der Waals surface area contributed by atoms with Crippen molar-refractivity contribution < 1.29 is 9.59 Å². The molecule has 0 fully saturated rings. The maximum absolute atomic E-state index is 12.2. The van der Waals surface area contributed by atoms with Gasteiger partial charge >= 0.3 is 0 Å².